The van der Waals surface area contributed by atoms with Crippen LogP contribution in [0.3, 0.4) is 0 Å². The number of fused-ring (bicyclic) bond motifs is 1. The van der Waals surface area contributed by atoms with Gasteiger partial charge in [0.2, 0.25) is 0 Å². The molecule has 0 aliphatic carbocycles. The van der Waals surface area contributed by atoms with Gasteiger partial charge in [0, 0.05) is 11.8 Å². The molecule has 6 nitrogen and oxygen atoms in total. The fourth-order valence-corrected chi connectivity index (χ4v) is 1.65. The summed E-state index contributed by atoms with van der Waals surface area (Å²) in [7, 11) is 0. The number of hydrogen-bond acceptors (Lipinski definition) is 5. The first-order valence-electron chi connectivity index (χ1n) is 5.75. The number of carbonyl (C=O) groups is 1. The zero-order valence-electron chi connectivity index (χ0n) is 10.0. The number of benzene rings is 1. The Kier molecular flexibility index (Phi) is 3.88. The van der Waals surface area contributed by atoms with Crippen LogP contribution in [0.1, 0.15) is 23.3 Å². The van der Waals surface area contributed by atoms with Gasteiger partial charge >= 0.3 is 5.97 Å². The normalized spacial score (nSPS) is 10.1. The van der Waals surface area contributed by atoms with Crippen LogP contribution >= 0.6 is 0 Å². The maximum atomic E-state index is 11.8. The summed E-state index contributed by atoms with van der Waals surface area (Å²) in [6.07, 6.45) is 0.802. The van der Waals surface area contributed by atoms with Crippen molar-refractivity contribution in [2.75, 3.05) is 6.61 Å². The number of ether oxygens (including phenoxy) is 1. The predicted octanol–water partition coefficient (Wildman–Crippen LogP) is 1.38. The van der Waals surface area contributed by atoms with Crippen LogP contribution in [0.4, 0.5) is 0 Å². The van der Waals surface area contributed by atoms with Crippen molar-refractivity contribution >= 4 is 16.7 Å². The highest BCUT2D eigenvalue weighted by atomic mass is 16.5. The molecule has 0 amide bonds. The second-order valence-electron chi connectivity index (χ2n) is 3.84. The summed E-state index contributed by atoms with van der Waals surface area (Å²) in [4.78, 5) is 23.4. The standard InChI is InChI=1S/C13H11N3O3/c14-7-3-4-8-19-13(18)11-9-5-1-2-6-10(9)12(17)16-15-11/h1-2,5-6H,3-4,8H2,(H,16,17). The predicted molar refractivity (Wildman–Crippen MR) is 67.5 cm³/mol. The Morgan fingerprint density at radius 3 is 2.84 bits per heavy atom. The zero-order valence-corrected chi connectivity index (χ0v) is 10.0. The summed E-state index contributed by atoms with van der Waals surface area (Å²) in [5.41, 5.74) is -0.274. The van der Waals surface area contributed by atoms with E-state index in [-0.39, 0.29) is 17.9 Å². The van der Waals surface area contributed by atoms with E-state index in [0.29, 0.717) is 23.6 Å². The monoisotopic (exact) mass is 257 g/mol. The molecule has 1 aromatic heterocycles. The van der Waals surface area contributed by atoms with E-state index in [1.165, 1.54) is 0 Å². The van der Waals surface area contributed by atoms with Crippen LogP contribution in [-0.2, 0) is 4.74 Å². The van der Waals surface area contributed by atoms with E-state index in [4.69, 9.17) is 10.00 Å². The topological polar surface area (TPSA) is 95.8 Å². The molecule has 0 aliphatic rings. The van der Waals surface area contributed by atoms with Crippen LogP contribution < -0.4 is 5.56 Å². The molecular weight excluding hydrogens is 246 g/mol. The molecule has 96 valence electrons. The summed E-state index contributed by atoms with van der Waals surface area (Å²) in [5.74, 6) is -0.606. The van der Waals surface area contributed by atoms with Gasteiger partial charge in [-0.1, -0.05) is 18.2 Å². The number of nitrogens with zero attached hydrogens (tertiary/aromatic N) is 2. The molecule has 0 bridgehead atoms. The van der Waals surface area contributed by atoms with Gasteiger partial charge in [-0.3, -0.25) is 4.79 Å². The molecule has 0 spiro atoms. The van der Waals surface area contributed by atoms with Crippen molar-refractivity contribution in [3.63, 3.8) is 0 Å². The van der Waals surface area contributed by atoms with Crippen molar-refractivity contribution in [1.82, 2.24) is 10.2 Å². The van der Waals surface area contributed by atoms with Crippen LogP contribution in [0.2, 0.25) is 0 Å². The first-order chi connectivity index (χ1) is 9.24. The van der Waals surface area contributed by atoms with Gasteiger partial charge in [0.1, 0.15) is 0 Å². The third-order valence-electron chi connectivity index (χ3n) is 2.56. The van der Waals surface area contributed by atoms with Gasteiger partial charge < -0.3 is 4.74 Å². The molecule has 2 aromatic rings. The Bertz CT molecular complexity index is 700. The summed E-state index contributed by atoms with van der Waals surface area (Å²) in [6.45, 7) is 0.154. The molecule has 6 heteroatoms. The fraction of sp³-hybridized carbons (Fsp3) is 0.231. The Labute approximate surface area is 108 Å². The Morgan fingerprint density at radius 1 is 1.37 bits per heavy atom. The Hall–Kier alpha value is -2.68. The first kappa shape index (κ1) is 12.8. The summed E-state index contributed by atoms with van der Waals surface area (Å²) in [6, 6.07) is 8.65. The third kappa shape index (κ3) is 2.77. The van der Waals surface area contributed by atoms with Crippen molar-refractivity contribution < 1.29 is 9.53 Å². The van der Waals surface area contributed by atoms with E-state index in [9.17, 15) is 9.59 Å². The lowest BCUT2D eigenvalue weighted by molar-refractivity contribution is 0.0496. The summed E-state index contributed by atoms with van der Waals surface area (Å²) < 4.78 is 5.00. The summed E-state index contributed by atoms with van der Waals surface area (Å²) in [5, 5.41) is 15.2. The van der Waals surface area contributed by atoms with E-state index in [0.717, 1.165) is 0 Å². The van der Waals surface area contributed by atoms with Gasteiger partial charge in [0.15, 0.2) is 5.69 Å². The molecule has 0 aliphatic heterocycles. The number of aromatic amines is 1. The SMILES string of the molecule is N#CCCCOC(=O)c1n[nH]c(=O)c2ccccc12. The quantitative estimate of drug-likeness (QED) is 0.659. The molecule has 1 N–H and O–H groups in total. The molecule has 0 fully saturated rings. The molecule has 1 aromatic carbocycles. The van der Waals surface area contributed by atoms with Gasteiger partial charge in [-0.05, 0) is 12.5 Å². The molecule has 1 heterocycles. The summed E-state index contributed by atoms with van der Waals surface area (Å²) >= 11 is 0. The molecular formula is C13H11N3O3. The highest BCUT2D eigenvalue weighted by Crippen LogP contribution is 2.13. The number of carbonyl (C=O) groups excluding carboxylic acids is 1. The molecule has 0 unspecified atom stereocenters. The van der Waals surface area contributed by atoms with Crippen LogP contribution in [0, 0.1) is 11.3 Å². The lowest BCUT2D eigenvalue weighted by Gasteiger charge is -2.05. The number of aromatic nitrogens is 2. The lowest BCUT2D eigenvalue weighted by atomic mass is 10.1. The van der Waals surface area contributed by atoms with Gasteiger partial charge in [-0.15, -0.1) is 0 Å². The van der Waals surface area contributed by atoms with Crippen molar-refractivity contribution in [3.8, 4) is 6.07 Å². The van der Waals surface area contributed by atoms with E-state index in [2.05, 4.69) is 10.2 Å². The van der Waals surface area contributed by atoms with Gasteiger partial charge in [-0.2, -0.15) is 10.4 Å². The minimum atomic E-state index is -0.606. The third-order valence-corrected chi connectivity index (χ3v) is 2.56. The van der Waals surface area contributed by atoms with Gasteiger partial charge in [0.25, 0.3) is 5.56 Å². The van der Waals surface area contributed by atoms with E-state index in [1.54, 1.807) is 24.3 Å². The number of rotatable bonds is 4. The van der Waals surface area contributed by atoms with Crippen molar-refractivity contribution in [3.05, 3.63) is 40.3 Å². The molecule has 0 radical (unpaired) electrons. The maximum absolute atomic E-state index is 11.8. The highest BCUT2D eigenvalue weighted by Gasteiger charge is 2.14. The van der Waals surface area contributed by atoms with Gasteiger partial charge in [-0.25, -0.2) is 9.89 Å². The number of unbranched alkanes of at least 4 members (excludes halogenated alkanes) is 1. The van der Waals surface area contributed by atoms with E-state index in [1.807, 2.05) is 6.07 Å². The largest absolute Gasteiger partial charge is 0.461 e. The maximum Gasteiger partial charge on any atom is 0.359 e. The Balaban J connectivity index is 2.26. The van der Waals surface area contributed by atoms with Gasteiger partial charge in [0.05, 0.1) is 18.1 Å². The number of nitriles is 1. The lowest BCUT2D eigenvalue weighted by Crippen LogP contribution is -2.16. The van der Waals surface area contributed by atoms with Crippen molar-refractivity contribution in [1.29, 1.82) is 5.26 Å². The average Bonchev–Trinajstić information content (AvgIpc) is 2.44. The zero-order chi connectivity index (χ0) is 13.7. The highest BCUT2D eigenvalue weighted by molar-refractivity contribution is 6.01. The molecule has 0 atom stereocenters. The van der Waals surface area contributed by atoms with Crippen LogP contribution in [-0.4, -0.2) is 22.8 Å². The van der Waals surface area contributed by atoms with E-state index < -0.39 is 5.97 Å². The fourth-order valence-electron chi connectivity index (χ4n) is 1.65. The van der Waals surface area contributed by atoms with Crippen LogP contribution in [0.5, 0.6) is 0 Å². The number of nitrogens with one attached hydrogen (secondary N) is 1. The molecule has 2 rings (SSSR count). The number of H-pyrrole nitrogens is 1. The smallest absolute Gasteiger partial charge is 0.359 e. The second kappa shape index (κ2) is 5.78. The number of hydrogen-bond donors (Lipinski definition) is 1. The first-order valence-corrected chi connectivity index (χ1v) is 5.75. The van der Waals surface area contributed by atoms with Crippen molar-refractivity contribution in [2.45, 2.75) is 12.8 Å². The Morgan fingerprint density at radius 2 is 2.11 bits per heavy atom. The van der Waals surface area contributed by atoms with E-state index >= 15 is 0 Å². The average molecular weight is 257 g/mol. The van der Waals surface area contributed by atoms with Crippen LogP contribution in [0.15, 0.2) is 29.1 Å². The second-order valence-corrected chi connectivity index (χ2v) is 3.84. The number of esters is 1. The molecule has 19 heavy (non-hydrogen) atoms. The minimum Gasteiger partial charge on any atom is -0.461 e. The van der Waals surface area contributed by atoms with Crippen molar-refractivity contribution in [2.24, 2.45) is 0 Å². The minimum absolute atomic E-state index is 0.0761. The van der Waals surface area contributed by atoms with Crippen LogP contribution in [0.25, 0.3) is 10.8 Å². The molecule has 0 saturated heterocycles. The molecule has 0 saturated carbocycles.